The molecule has 27 heavy (non-hydrogen) atoms. The van der Waals surface area contributed by atoms with Crippen molar-refractivity contribution in [3.05, 3.63) is 23.5 Å². The fourth-order valence-corrected chi connectivity index (χ4v) is 7.86. The molecule has 0 bridgehead atoms. The van der Waals surface area contributed by atoms with Gasteiger partial charge in [0, 0.05) is 19.8 Å². The smallest absolute Gasteiger partial charge is 0.205 e. The number of hydrogen-bond acceptors (Lipinski definition) is 3. The molecule has 1 heterocycles. The van der Waals surface area contributed by atoms with Crippen molar-refractivity contribution in [2.24, 2.45) is 34.5 Å². The summed E-state index contributed by atoms with van der Waals surface area (Å²) in [4.78, 5) is 12.3. The fraction of sp³-hybridized carbons (Fsp3) is 0.792. The zero-order chi connectivity index (χ0) is 19.2. The van der Waals surface area contributed by atoms with Crippen molar-refractivity contribution < 1.29 is 14.3 Å². The summed E-state index contributed by atoms with van der Waals surface area (Å²) >= 11 is 0. The average molecular weight is 371 g/mol. The first-order chi connectivity index (χ1) is 12.6. The number of allylic oxidation sites excluding steroid dienone is 3. The van der Waals surface area contributed by atoms with Crippen LogP contribution in [0, 0.1) is 34.5 Å². The van der Waals surface area contributed by atoms with E-state index in [1.54, 1.807) is 0 Å². The predicted octanol–water partition coefficient (Wildman–Crippen LogP) is 5.41. The van der Waals surface area contributed by atoms with Crippen LogP contribution >= 0.6 is 0 Å². The van der Waals surface area contributed by atoms with E-state index in [1.165, 1.54) is 31.3 Å². The Morgan fingerprint density at radius 1 is 1.11 bits per heavy atom. The molecule has 1 saturated heterocycles. The van der Waals surface area contributed by atoms with Crippen LogP contribution in [-0.2, 0) is 14.3 Å². The first-order valence-corrected chi connectivity index (χ1v) is 10.9. The Kier molecular flexibility index (Phi) is 3.66. The van der Waals surface area contributed by atoms with E-state index in [4.69, 9.17) is 9.47 Å². The van der Waals surface area contributed by atoms with Gasteiger partial charge in [0.05, 0.1) is 0 Å². The van der Waals surface area contributed by atoms with Crippen molar-refractivity contribution in [2.45, 2.75) is 85.0 Å². The molecular formula is C24H34O3. The molecule has 3 fully saturated rings. The third kappa shape index (κ3) is 2.39. The lowest BCUT2D eigenvalue weighted by Gasteiger charge is -2.57. The van der Waals surface area contributed by atoms with Crippen LogP contribution < -0.4 is 0 Å². The van der Waals surface area contributed by atoms with Gasteiger partial charge in [-0.2, -0.15) is 0 Å². The van der Waals surface area contributed by atoms with Crippen LogP contribution in [0.1, 0.15) is 73.1 Å². The number of Topliss-reactive ketones (excluding diaryl/α,β-unsaturated/α-hetero) is 1. The number of carbonyl (C=O) groups excluding carboxylic acids is 1. The summed E-state index contributed by atoms with van der Waals surface area (Å²) in [6.45, 7) is 10.7. The van der Waals surface area contributed by atoms with Gasteiger partial charge in [-0.15, -0.1) is 0 Å². The second-order valence-corrected chi connectivity index (χ2v) is 10.8. The average Bonchev–Trinajstić information content (AvgIpc) is 3.06. The highest BCUT2D eigenvalue weighted by molar-refractivity contribution is 5.79. The maximum absolute atomic E-state index is 12.3. The third-order valence-corrected chi connectivity index (χ3v) is 9.03. The molecular weight excluding hydrogens is 336 g/mol. The van der Waals surface area contributed by atoms with Gasteiger partial charge in [-0.05, 0) is 85.7 Å². The molecule has 1 unspecified atom stereocenters. The molecule has 7 atom stereocenters. The first kappa shape index (κ1) is 18.0. The van der Waals surface area contributed by atoms with Crippen molar-refractivity contribution in [1.29, 1.82) is 0 Å². The Morgan fingerprint density at radius 2 is 1.89 bits per heavy atom. The number of ketones is 1. The second-order valence-electron chi connectivity index (χ2n) is 10.8. The number of hydrogen-bond donors (Lipinski definition) is 0. The van der Waals surface area contributed by atoms with Crippen LogP contribution in [-0.4, -0.2) is 17.7 Å². The minimum Gasteiger partial charge on any atom is -0.465 e. The molecule has 4 aliphatic carbocycles. The van der Waals surface area contributed by atoms with Gasteiger partial charge >= 0.3 is 0 Å². The van der Waals surface area contributed by atoms with Crippen LogP contribution in [0.3, 0.4) is 0 Å². The summed E-state index contributed by atoms with van der Waals surface area (Å²) in [7, 11) is 0. The van der Waals surface area contributed by atoms with Gasteiger partial charge in [-0.1, -0.05) is 19.9 Å². The maximum Gasteiger partial charge on any atom is 0.205 e. The predicted molar refractivity (Wildman–Crippen MR) is 105 cm³/mol. The molecule has 0 N–H and O–H groups in total. The van der Waals surface area contributed by atoms with Gasteiger partial charge in [0.1, 0.15) is 17.6 Å². The van der Waals surface area contributed by atoms with E-state index in [0.717, 1.165) is 18.6 Å². The van der Waals surface area contributed by atoms with Crippen molar-refractivity contribution in [3.63, 3.8) is 0 Å². The maximum atomic E-state index is 12.3. The fourth-order valence-electron chi connectivity index (χ4n) is 7.86. The highest BCUT2D eigenvalue weighted by atomic mass is 16.7. The third-order valence-electron chi connectivity index (χ3n) is 9.03. The van der Waals surface area contributed by atoms with E-state index in [2.05, 4.69) is 26.0 Å². The van der Waals surface area contributed by atoms with Crippen molar-refractivity contribution in [2.75, 3.05) is 0 Å². The summed E-state index contributed by atoms with van der Waals surface area (Å²) in [5.41, 5.74) is 1.87. The summed E-state index contributed by atoms with van der Waals surface area (Å²) in [5, 5.41) is 0. The number of ether oxygens (including phenoxy) is 2. The molecule has 3 heteroatoms. The SMILES string of the molecule is CC(=O)[C@@H]1CC[C@H]2[C@@H]3CC=C4C=C5OC(C)(C)OC5C[C@]4(C)[C@H]3CC[C@]12C. The Bertz CT molecular complexity index is 747. The van der Waals surface area contributed by atoms with Crippen molar-refractivity contribution in [1.82, 2.24) is 0 Å². The Hall–Kier alpha value is -1.09. The van der Waals surface area contributed by atoms with Crippen molar-refractivity contribution in [3.8, 4) is 0 Å². The summed E-state index contributed by atoms with van der Waals surface area (Å²) in [5.74, 6) is 3.33. The summed E-state index contributed by atoms with van der Waals surface area (Å²) < 4.78 is 12.3. The van der Waals surface area contributed by atoms with E-state index in [-0.39, 0.29) is 22.9 Å². The van der Waals surface area contributed by atoms with E-state index < -0.39 is 5.79 Å². The van der Waals surface area contributed by atoms with Gasteiger partial charge in [-0.3, -0.25) is 4.79 Å². The summed E-state index contributed by atoms with van der Waals surface area (Å²) in [6.07, 6.45) is 11.9. The van der Waals surface area contributed by atoms with E-state index >= 15 is 0 Å². The van der Waals surface area contributed by atoms with Gasteiger partial charge < -0.3 is 9.47 Å². The Balaban J connectivity index is 1.48. The first-order valence-electron chi connectivity index (χ1n) is 10.9. The highest BCUT2D eigenvalue weighted by Gasteiger charge is 2.60. The van der Waals surface area contributed by atoms with Gasteiger partial charge in [0.15, 0.2) is 0 Å². The zero-order valence-electron chi connectivity index (χ0n) is 17.5. The lowest BCUT2D eigenvalue weighted by Crippen LogP contribution is -2.51. The van der Waals surface area contributed by atoms with Crippen LogP contribution in [0.15, 0.2) is 23.5 Å². The lowest BCUT2D eigenvalue weighted by atomic mass is 9.48. The quantitative estimate of drug-likeness (QED) is 0.619. The molecule has 1 aliphatic heterocycles. The molecule has 0 radical (unpaired) electrons. The molecule has 5 rings (SSSR count). The molecule has 0 amide bonds. The highest BCUT2D eigenvalue weighted by Crippen LogP contribution is 2.66. The molecule has 0 aromatic rings. The Morgan fingerprint density at radius 3 is 2.63 bits per heavy atom. The molecule has 0 aromatic carbocycles. The van der Waals surface area contributed by atoms with Crippen LogP contribution in [0.4, 0.5) is 0 Å². The van der Waals surface area contributed by atoms with Gasteiger partial charge in [0.25, 0.3) is 0 Å². The van der Waals surface area contributed by atoms with E-state index in [0.29, 0.717) is 23.5 Å². The molecule has 5 aliphatic rings. The molecule has 0 aromatic heterocycles. The van der Waals surface area contributed by atoms with Crippen LogP contribution in [0.2, 0.25) is 0 Å². The molecule has 0 spiro atoms. The zero-order valence-corrected chi connectivity index (χ0v) is 17.5. The Labute approximate surface area is 163 Å². The minimum atomic E-state index is -0.508. The van der Waals surface area contributed by atoms with Crippen molar-refractivity contribution >= 4 is 5.78 Å². The van der Waals surface area contributed by atoms with Gasteiger partial charge in [-0.25, -0.2) is 0 Å². The van der Waals surface area contributed by atoms with Gasteiger partial charge in [0.2, 0.25) is 5.79 Å². The number of fused-ring (bicyclic) bond motifs is 6. The normalized spacial score (nSPS) is 49.7. The molecule has 148 valence electrons. The molecule has 3 nitrogen and oxygen atoms in total. The number of rotatable bonds is 1. The van der Waals surface area contributed by atoms with Crippen LogP contribution in [0.25, 0.3) is 0 Å². The van der Waals surface area contributed by atoms with E-state index in [1.807, 2.05) is 20.8 Å². The number of carbonyl (C=O) groups is 1. The largest absolute Gasteiger partial charge is 0.465 e. The topological polar surface area (TPSA) is 35.5 Å². The standard InChI is InChI=1S/C24H34O3/c1-14(25)17-8-9-18-16-7-6-15-12-20-21(27-22(2,3)26-20)13-24(15,5)19(16)10-11-23(17,18)4/h6,12,16-19,21H,7-11,13H2,1-5H3/t16-,17-,18-,19-,21?,23+,24-/m0/s1. The van der Waals surface area contributed by atoms with Crippen LogP contribution in [0.5, 0.6) is 0 Å². The molecule has 2 saturated carbocycles. The summed E-state index contributed by atoms with van der Waals surface area (Å²) in [6, 6.07) is 0. The van der Waals surface area contributed by atoms with E-state index in [9.17, 15) is 4.79 Å². The lowest BCUT2D eigenvalue weighted by molar-refractivity contribution is -0.139. The second kappa shape index (κ2) is 5.49. The monoisotopic (exact) mass is 370 g/mol. The minimum absolute atomic E-state index is 0.0998.